The minimum atomic E-state index is 0.673. The number of methoxy groups -OCH3 is 2. The van der Waals surface area contributed by atoms with Gasteiger partial charge in [-0.2, -0.15) is 0 Å². The van der Waals surface area contributed by atoms with Gasteiger partial charge in [-0.05, 0) is 42.7 Å². The van der Waals surface area contributed by atoms with E-state index in [0.717, 1.165) is 18.7 Å². The number of aromatic nitrogens is 1. The van der Waals surface area contributed by atoms with E-state index >= 15 is 0 Å². The van der Waals surface area contributed by atoms with Crippen molar-refractivity contribution in [2.75, 3.05) is 33.1 Å². The van der Waals surface area contributed by atoms with E-state index in [2.05, 4.69) is 51.9 Å². The van der Waals surface area contributed by atoms with Gasteiger partial charge in [-0.25, -0.2) is 0 Å². The molecule has 0 saturated heterocycles. The van der Waals surface area contributed by atoms with E-state index in [-0.39, 0.29) is 0 Å². The predicted molar refractivity (Wildman–Crippen MR) is 111 cm³/mol. The van der Waals surface area contributed by atoms with Gasteiger partial charge in [-0.1, -0.05) is 12.1 Å². The van der Waals surface area contributed by atoms with Crippen LogP contribution in [0.15, 0.2) is 47.6 Å². The van der Waals surface area contributed by atoms with Crippen molar-refractivity contribution < 1.29 is 9.47 Å². The molecule has 1 heterocycles. The monoisotopic (exact) mass is 366 g/mol. The van der Waals surface area contributed by atoms with Crippen molar-refractivity contribution in [3.63, 3.8) is 0 Å². The molecule has 6 nitrogen and oxygen atoms in total. The van der Waals surface area contributed by atoms with Gasteiger partial charge in [0.25, 0.3) is 0 Å². The van der Waals surface area contributed by atoms with E-state index in [1.807, 2.05) is 18.2 Å². The Labute approximate surface area is 159 Å². The molecule has 3 aromatic rings. The number of nitrogens with zero attached hydrogens (tertiary/aromatic N) is 1. The molecule has 3 rings (SSSR count). The Bertz CT molecular complexity index is 947. The molecule has 0 spiro atoms. The molecule has 0 saturated carbocycles. The summed E-state index contributed by atoms with van der Waals surface area (Å²) in [5.74, 6) is 2.08. The molecule has 0 atom stereocenters. The molecule has 0 amide bonds. The number of rotatable bonds is 6. The van der Waals surface area contributed by atoms with Crippen LogP contribution in [0.25, 0.3) is 10.9 Å². The van der Waals surface area contributed by atoms with Crippen molar-refractivity contribution in [3.8, 4) is 11.5 Å². The lowest BCUT2D eigenvalue weighted by Gasteiger charge is -2.14. The summed E-state index contributed by atoms with van der Waals surface area (Å²) >= 11 is 0. The SMILES string of the molecule is CN=C(NCCc1c[nH]c2cccc(C)c12)Nc1ccc(OC)c(OC)c1. The van der Waals surface area contributed by atoms with Gasteiger partial charge < -0.3 is 25.1 Å². The van der Waals surface area contributed by atoms with Gasteiger partial charge in [0.15, 0.2) is 17.5 Å². The number of aromatic amines is 1. The number of guanidine groups is 1. The van der Waals surface area contributed by atoms with Crippen molar-refractivity contribution in [3.05, 3.63) is 53.7 Å². The van der Waals surface area contributed by atoms with Crippen LogP contribution in [-0.2, 0) is 6.42 Å². The van der Waals surface area contributed by atoms with Gasteiger partial charge in [-0.3, -0.25) is 4.99 Å². The highest BCUT2D eigenvalue weighted by atomic mass is 16.5. The third-order valence-corrected chi connectivity index (χ3v) is 4.55. The number of aliphatic imine (C=N–C) groups is 1. The smallest absolute Gasteiger partial charge is 0.195 e. The first-order chi connectivity index (χ1) is 13.2. The zero-order chi connectivity index (χ0) is 19.2. The highest BCUT2D eigenvalue weighted by molar-refractivity contribution is 5.94. The van der Waals surface area contributed by atoms with Crippen molar-refractivity contribution in [1.82, 2.24) is 10.3 Å². The van der Waals surface area contributed by atoms with Crippen LogP contribution in [0, 0.1) is 6.92 Å². The molecule has 0 aliphatic rings. The molecular weight excluding hydrogens is 340 g/mol. The highest BCUT2D eigenvalue weighted by Gasteiger charge is 2.08. The second-order valence-corrected chi connectivity index (χ2v) is 6.26. The summed E-state index contributed by atoms with van der Waals surface area (Å²) in [7, 11) is 5.00. The standard InChI is InChI=1S/C21H26N4O2/c1-14-6-5-7-17-20(14)15(13-24-17)10-11-23-21(22-2)25-16-8-9-18(26-3)19(12-16)27-4/h5-9,12-13,24H,10-11H2,1-4H3,(H2,22,23,25). The van der Waals surface area contributed by atoms with Crippen LogP contribution in [0.1, 0.15) is 11.1 Å². The third kappa shape index (κ3) is 4.16. The average molecular weight is 366 g/mol. The van der Waals surface area contributed by atoms with Gasteiger partial charge >= 0.3 is 0 Å². The second-order valence-electron chi connectivity index (χ2n) is 6.26. The molecule has 3 N–H and O–H groups in total. The molecule has 142 valence electrons. The number of hydrogen-bond donors (Lipinski definition) is 3. The summed E-state index contributed by atoms with van der Waals surface area (Å²) in [6, 6.07) is 12.0. The van der Waals surface area contributed by atoms with Crippen molar-refractivity contribution in [2.24, 2.45) is 4.99 Å². The maximum atomic E-state index is 5.35. The number of nitrogens with one attached hydrogen (secondary N) is 3. The fourth-order valence-corrected chi connectivity index (χ4v) is 3.19. The van der Waals surface area contributed by atoms with Gasteiger partial charge in [0, 0.05) is 42.4 Å². The number of hydrogen-bond acceptors (Lipinski definition) is 3. The number of anilines is 1. The summed E-state index contributed by atoms with van der Waals surface area (Å²) in [4.78, 5) is 7.64. The molecule has 0 aliphatic carbocycles. The summed E-state index contributed by atoms with van der Waals surface area (Å²) in [6.07, 6.45) is 2.99. The maximum absolute atomic E-state index is 5.35. The Morgan fingerprint density at radius 2 is 1.93 bits per heavy atom. The Morgan fingerprint density at radius 1 is 1.11 bits per heavy atom. The summed E-state index contributed by atoms with van der Waals surface area (Å²) in [5.41, 5.74) is 4.65. The van der Waals surface area contributed by atoms with E-state index < -0.39 is 0 Å². The van der Waals surface area contributed by atoms with Crippen molar-refractivity contribution in [2.45, 2.75) is 13.3 Å². The van der Waals surface area contributed by atoms with Crippen LogP contribution in [-0.4, -0.2) is 38.8 Å². The Kier molecular flexibility index (Phi) is 5.86. The molecule has 0 aliphatic heterocycles. The van der Waals surface area contributed by atoms with Crippen LogP contribution in [0.2, 0.25) is 0 Å². The van der Waals surface area contributed by atoms with E-state index in [9.17, 15) is 0 Å². The van der Waals surface area contributed by atoms with Gasteiger partial charge in [0.1, 0.15) is 0 Å². The average Bonchev–Trinajstić information content (AvgIpc) is 3.11. The first kappa shape index (κ1) is 18.6. The summed E-state index contributed by atoms with van der Waals surface area (Å²) in [6.45, 7) is 2.92. The second kappa shape index (κ2) is 8.49. The largest absolute Gasteiger partial charge is 0.493 e. The zero-order valence-corrected chi connectivity index (χ0v) is 16.2. The minimum absolute atomic E-state index is 0.673. The Balaban J connectivity index is 1.63. The number of ether oxygens (including phenoxy) is 2. The lowest BCUT2D eigenvalue weighted by atomic mass is 10.1. The normalized spacial score (nSPS) is 11.5. The number of aryl methyl sites for hydroxylation is 1. The highest BCUT2D eigenvalue weighted by Crippen LogP contribution is 2.29. The lowest BCUT2D eigenvalue weighted by Crippen LogP contribution is -2.32. The minimum Gasteiger partial charge on any atom is -0.493 e. The van der Waals surface area contributed by atoms with Crippen molar-refractivity contribution >= 4 is 22.5 Å². The van der Waals surface area contributed by atoms with Gasteiger partial charge in [0.05, 0.1) is 14.2 Å². The number of fused-ring (bicyclic) bond motifs is 1. The van der Waals surface area contributed by atoms with E-state index in [1.165, 1.54) is 22.0 Å². The quantitative estimate of drug-likeness (QED) is 0.459. The van der Waals surface area contributed by atoms with Gasteiger partial charge in [0.2, 0.25) is 0 Å². The van der Waals surface area contributed by atoms with Gasteiger partial charge in [-0.15, -0.1) is 0 Å². The molecule has 0 radical (unpaired) electrons. The third-order valence-electron chi connectivity index (χ3n) is 4.55. The van der Waals surface area contributed by atoms with Crippen LogP contribution in [0.3, 0.4) is 0 Å². The number of H-pyrrole nitrogens is 1. The lowest BCUT2D eigenvalue weighted by molar-refractivity contribution is 0.355. The summed E-state index contributed by atoms with van der Waals surface area (Å²) < 4.78 is 10.6. The summed E-state index contributed by atoms with van der Waals surface area (Å²) in [5, 5.41) is 7.95. The first-order valence-corrected chi connectivity index (χ1v) is 8.91. The fraction of sp³-hybridized carbons (Fsp3) is 0.286. The Hall–Kier alpha value is -3.15. The van der Waals surface area contributed by atoms with Crippen LogP contribution >= 0.6 is 0 Å². The topological polar surface area (TPSA) is 70.7 Å². The predicted octanol–water partition coefficient (Wildman–Crippen LogP) is 3.72. The van der Waals surface area contributed by atoms with E-state index in [1.54, 1.807) is 21.3 Å². The molecule has 0 unspecified atom stereocenters. The molecule has 27 heavy (non-hydrogen) atoms. The van der Waals surface area contributed by atoms with E-state index in [0.29, 0.717) is 17.5 Å². The first-order valence-electron chi connectivity index (χ1n) is 8.91. The fourth-order valence-electron chi connectivity index (χ4n) is 3.19. The van der Waals surface area contributed by atoms with Crippen LogP contribution in [0.5, 0.6) is 11.5 Å². The maximum Gasteiger partial charge on any atom is 0.195 e. The Morgan fingerprint density at radius 3 is 2.67 bits per heavy atom. The molecular formula is C21H26N4O2. The zero-order valence-electron chi connectivity index (χ0n) is 16.2. The molecule has 1 aromatic heterocycles. The molecule has 6 heteroatoms. The van der Waals surface area contributed by atoms with Crippen LogP contribution < -0.4 is 20.1 Å². The molecule has 2 aromatic carbocycles. The van der Waals surface area contributed by atoms with Crippen LogP contribution in [0.4, 0.5) is 5.69 Å². The van der Waals surface area contributed by atoms with Crippen molar-refractivity contribution in [1.29, 1.82) is 0 Å². The number of benzene rings is 2. The van der Waals surface area contributed by atoms with E-state index in [4.69, 9.17) is 9.47 Å². The molecule has 0 fully saturated rings. The molecule has 0 bridgehead atoms.